The number of nitrogens with zero attached hydrogens (tertiary/aromatic N) is 1. The SMILES string of the molecule is [2H]c1c([2H])c(N(c2ccc(-c3ccccc3)cc2)c2cccc3oc4c5ccccc5ccc4c23)c([2H])c([2H])c1-c1cccc2c1sc1ccccc12. The highest BCUT2D eigenvalue weighted by atomic mass is 32.1. The van der Waals surface area contributed by atoms with Crippen molar-refractivity contribution >= 4 is 81.3 Å². The van der Waals surface area contributed by atoms with E-state index in [0.29, 0.717) is 28.1 Å². The van der Waals surface area contributed by atoms with Crippen molar-refractivity contribution in [3.05, 3.63) is 176 Å². The Labute approximate surface area is 293 Å². The van der Waals surface area contributed by atoms with E-state index < -0.39 is 0 Å². The average Bonchev–Trinajstić information content (AvgIpc) is 3.79. The number of hydrogen-bond donors (Lipinski definition) is 0. The maximum atomic E-state index is 9.63. The molecule has 0 atom stereocenters. The topological polar surface area (TPSA) is 16.4 Å². The molecule has 3 heteroatoms. The molecule has 0 spiro atoms. The van der Waals surface area contributed by atoms with E-state index in [1.165, 1.54) is 0 Å². The van der Waals surface area contributed by atoms with Gasteiger partial charge in [-0.2, -0.15) is 0 Å². The largest absolute Gasteiger partial charge is 0.455 e. The Morgan fingerprint density at radius 1 is 0.490 bits per heavy atom. The van der Waals surface area contributed by atoms with Crippen molar-refractivity contribution in [2.45, 2.75) is 0 Å². The number of anilines is 3. The van der Waals surface area contributed by atoms with E-state index in [2.05, 4.69) is 54.6 Å². The maximum absolute atomic E-state index is 9.63. The molecule has 0 saturated heterocycles. The minimum atomic E-state index is -0.124. The number of thiophene rings is 1. The van der Waals surface area contributed by atoms with Crippen LogP contribution in [0.5, 0.6) is 0 Å². The van der Waals surface area contributed by atoms with Crippen LogP contribution in [0.4, 0.5) is 17.1 Å². The van der Waals surface area contributed by atoms with Gasteiger partial charge in [-0.25, -0.2) is 0 Å². The Morgan fingerprint density at radius 2 is 1.20 bits per heavy atom. The molecule has 0 aliphatic carbocycles. The molecular weight excluding hydrogens is 615 g/mol. The van der Waals surface area contributed by atoms with Gasteiger partial charge in [0.25, 0.3) is 0 Å². The number of fused-ring (bicyclic) bond motifs is 8. The molecule has 0 bridgehead atoms. The van der Waals surface area contributed by atoms with Gasteiger partial charge in [-0.05, 0) is 76.1 Å². The van der Waals surface area contributed by atoms with Crippen molar-refractivity contribution in [3.63, 3.8) is 0 Å². The van der Waals surface area contributed by atoms with Gasteiger partial charge < -0.3 is 9.32 Å². The first-order valence-corrected chi connectivity index (χ1v) is 17.1. The van der Waals surface area contributed by atoms with Gasteiger partial charge in [0.05, 0.1) is 16.6 Å². The first kappa shape index (κ1) is 24.1. The summed E-state index contributed by atoms with van der Waals surface area (Å²) in [4.78, 5) is 1.87. The lowest BCUT2D eigenvalue weighted by Gasteiger charge is -2.26. The highest BCUT2D eigenvalue weighted by molar-refractivity contribution is 7.26. The minimum Gasteiger partial charge on any atom is -0.455 e. The lowest BCUT2D eigenvalue weighted by molar-refractivity contribution is 0.672. The zero-order valence-electron chi connectivity index (χ0n) is 30.2. The quantitative estimate of drug-likeness (QED) is 0.185. The van der Waals surface area contributed by atoms with Gasteiger partial charge in [-0.3, -0.25) is 0 Å². The Kier molecular flexibility index (Phi) is 5.51. The van der Waals surface area contributed by atoms with Gasteiger partial charge in [0, 0.05) is 42.3 Å². The first-order chi connectivity index (χ1) is 26.0. The Morgan fingerprint density at radius 3 is 2.06 bits per heavy atom. The lowest BCUT2D eigenvalue weighted by atomic mass is 10.0. The predicted molar refractivity (Wildman–Crippen MR) is 210 cm³/mol. The van der Waals surface area contributed by atoms with Crippen molar-refractivity contribution < 1.29 is 9.90 Å². The van der Waals surface area contributed by atoms with Crippen molar-refractivity contribution in [2.24, 2.45) is 0 Å². The van der Waals surface area contributed by atoms with Crippen LogP contribution in [-0.4, -0.2) is 0 Å². The molecule has 0 aliphatic rings. The van der Waals surface area contributed by atoms with E-state index in [1.54, 1.807) is 11.3 Å². The van der Waals surface area contributed by atoms with Crippen LogP contribution in [0.15, 0.2) is 180 Å². The summed E-state index contributed by atoms with van der Waals surface area (Å²) < 4.78 is 46.9. The summed E-state index contributed by atoms with van der Waals surface area (Å²) in [5.74, 6) is 0. The Bertz CT molecular complexity index is 3030. The van der Waals surface area contributed by atoms with Gasteiger partial charge in [0.2, 0.25) is 0 Å². The predicted octanol–water partition coefficient (Wildman–Crippen LogP) is 13.9. The fourth-order valence-corrected chi connectivity index (χ4v) is 8.26. The van der Waals surface area contributed by atoms with Gasteiger partial charge in [-0.15, -0.1) is 11.3 Å². The van der Waals surface area contributed by atoms with Crippen LogP contribution in [0.2, 0.25) is 0 Å². The molecule has 0 fully saturated rings. The van der Waals surface area contributed by atoms with Gasteiger partial charge in [-0.1, -0.05) is 127 Å². The second-order valence-corrected chi connectivity index (χ2v) is 13.2. The summed E-state index contributed by atoms with van der Waals surface area (Å²) in [6.07, 6.45) is 0. The highest BCUT2D eigenvalue weighted by Crippen LogP contribution is 2.45. The van der Waals surface area contributed by atoms with Gasteiger partial charge >= 0.3 is 0 Å². The van der Waals surface area contributed by atoms with Crippen molar-refractivity contribution in [3.8, 4) is 22.3 Å². The van der Waals surface area contributed by atoms with E-state index in [1.807, 2.05) is 102 Å². The van der Waals surface area contributed by atoms with Crippen molar-refractivity contribution in [1.29, 1.82) is 0 Å². The lowest BCUT2D eigenvalue weighted by Crippen LogP contribution is -2.10. The molecule has 2 heterocycles. The minimum absolute atomic E-state index is 0.0907. The fourth-order valence-electron chi connectivity index (χ4n) is 7.04. The molecule has 8 aromatic carbocycles. The summed E-state index contributed by atoms with van der Waals surface area (Å²) >= 11 is 1.61. The van der Waals surface area contributed by atoms with Gasteiger partial charge in [0.15, 0.2) is 0 Å². The van der Waals surface area contributed by atoms with E-state index in [-0.39, 0.29) is 29.9 Å². The summed E-state index contributed by atoms with van der Waals surface area (Å²) in [6.45, 7) is 0. The summed E-state index contributed by atoms with van der Waals surface area (Å²) in [5.41, 5.74) is 6.08. The highest BCUT2D eigenvalue weighted by Gasteiger charge is 2.21. The second kappa shape index (κ2) is 11.2. The molecular formula is C46H29NOS. The van der Waals surface area contributed by atoms with Crippen LogP contribution < -0.4 is 4.90 Å². The molecule has 10 aromatic rings. The third kappa shape index (κ3) is 4.55. The molecule has 0 amide bonds. The van der Waals surface area contributed by atoms with Crippen molar-refractivity contribution in [2.75, 3.05) is 4.90 Å². The van der Waals surface area contributed by atoms with Crippen LogP contribution in [-0.2, 0) is 0 Å². The van der Waals surface area contributed by atoms with Gasteiger partial charge in [0.1, 0.15) is 11.2 Å². The van der Waals surface area contributed by atoms with Crippen LogP contribution in [0.25, 0.3) is 75.1 Å². The second-order valence-electron chi connectivity index (χ2n) is 12.2. The molecule has 0 N–H and O–H groups in total. The third-order valence-electron chi connectivity index (χ3n) is 9.35. The zero-order chi connectivity index (χ0) is 35.8. The number of rotatable bonds is 5. The summed E-state index contributed by atoms with van der Waals surface area (Å²) in [6, 6.07) is 49.9. The molecule has 0 radical (unpaired) electrons. The van der Waals surface area contributed by atoms with Crippen LogP contribution in [0.3, 0.4) is 0 Å². The first-order valence-electron chi connectivity index (χ1n) is 18.3. The molecule has 2 nitrogen and oxygen atoms in total. The maximum Gasteiger partial charge on any atom is 0.143 e. The number of benzene rings is 8. The van der Waals surface area contributed by atoms with Crippen LogP contribution >= 0.6 is 11.3 Å². The normalized spacial score (nSPS) is 12.8. The van der Waals surface area contributed by atoms with Crippen LogP contribution in [0.1, 0.15) is 5.48 Å². The molecule has 10 rings (SSSR count). The van der Waals surface area contributed by atoms with E-state index in [0.717, 1.165) is 58.4 Å². The van der Waals surface area contributed by atoms with Crippen LogP contribution in [0, 0.1) is 0 Å². The van der Waals surface area contributed by atoms with E-state index in [9.17, 15) is 5.48 Å². The van der Waals surface area contributed by atoms with Crippen molar-refractivity contribution in [1.82, 2.24) is 0 Å². The zero-order valence-corrected chi connectivity index (χ0v) is 27.0. The molecule has 0 saturated carbocycles. The molecule has 0 unspecified atom stereocenters. The number of hydrogen-bond acceptors (Lipinski definition) is 3. The standard InChI is InChI=1S/C46H29NOS/c1-2-10-30(11-3-1)31-20-25-34(26-21-31)47(41-17-9-18-42-44(41)40-29-24-32-12-4-5-13-36(32)45(40)48-42)35-27-22-33(23-28-35)37-15-8-16-39-38-14-6-7-19-43(38)49-46(37)39/h1-29H/i22D,23D,27D,28D. The summed E-state index contributed by atoms with van der Waals surface area (Å²) in [7, 11) is 0. The Hall–Kier alpha value is -6.16. The molecule has 49 heavy (non-hydrogen) atoms. The number of furan rings is 1. The molecule has 0 aliphatic heterocycles. The average molecular weight is 648 g/mol. The Balaban J connectivity index is 1.24. The van der Waals surface area contributed by atoms with E-state index in [4.69, 9.17) is 4.42 Å². The smallest absolute Gasteiger partial charge is 0.143 e. The molecule has 230 valence electrons. The van der Waals surface area contributed by atoms with E-state index >= 15 is 0 Å². The summed E-state index contributed by atoms with van der Waals surface area (Å²) in [5, 5.41) is 5.95. The molecule has 2 aromatic heterocycles. The monoisotopic (exact) mass is 647 g/mol. The third-order valence-corrected chi connectivity index (χ3v) is 10.6. The fraction of sp³-hybridized carbons (Fsp3) is 0.